The van der Waals surface area contributed by atoms with Gasteiger partial charge in [-0.15, -0.1) is 0 Å². The van der Waals surface area contributed by atoms with E-state index in [-0.39, 0.29) is 12.5 Å². The summed E-state index contributed by atoms with van der Waals surface area (Å²) in [7, 11) is 0. The van der Waals surface area contributed by atoms with Gasteiger partial charge in [-0.1, -0.05) is 79.9 Å². The van der Waals surface area contributed by atoms with Crippen LogP contribution >= 0.6 is 12.2 Å². The Hall–Kier alpha value is -1.25. The van der Waals surface area contributed by atoms with Gasteiger partial charge in [-0.3, -0.25) is 0 Å². The fourth-order valence-electron chi connectivity index (χ4n) is 1.85. The van der Waals surface area contributed by atoms with Gasteiger partial charge in [0.2, 0.25) is 0 Å². The number of unbranched alkanes of at least 4 members (excludes halogenated alkanes) is 1. The van der Waals surface area contributed by atoms with Crippen LogP contribution in [0.2, 0.25) is 0 Å². The van der Waals surface area contributed by atoms with Gasteiger partial charge < -0.3 is 5.11 Å². The van der Waals surface area contributed by atoms with Crippen LogP contribution in [0.15, 0.2) is 60.8 Å². The Kier molecular flexibility index (Phi) is 17.8. The van der Waals surface area contributed by atoms with E-state index in [9.17, 15) is 0 Å². The van der Waals surface area contributed by atoms with Crippen molar-refractivity contribution in [3.63, 3.8) is 0 Å². The molecule has 1 N–H and O–H groups in total. The van der Waals surface area contributed by atoms with Crippen LogP contribution in [0.5, 0.6) is 0 Å². The van der Waals surface area contributed by atoms with Crippen molar-refractivity contribution in [2.75, 3.05) is 6.61 Å². The molecule has 1 nitrogen and oxygen atoms in total. The summed E-state index contributed by atoms with van der Waals surface area (Å²) in [6, 6.07) is 0. The minimum absolute atomic E-state index is 0.124. The molecule has 1 atom stereocenters. The third kappa shape index (κ3) is 16.9. The molecule has 0 aromatic carbocycles. The average Bonchev–Trinajstić information content (AvgIpc) is 2.58. The van der Waals surface area contributed by atoms with Crippen LogP contribution in [-0.2, 0) is 0 Å². The highest BCUT2D eigenvalue weighted by Crippen LogP contribution is 2.02. The van der Waals surface area contributed by atoms with Crippen LogP contribution in [0.4, 0.5) is 0 Å². The van der Waals surface area contributed by atoms with Gasteiger partial charge >= 0.3 is 0 Å². The first-order chi connectivity index (χ1) is 11.3. The van der Waals surface area contributed by atoms with E-state index in [0.29, 0.717) is 0 Å². The van der Waals surface area contributed by atoms with Crippen LogP contribution in [0.25, 0.3) is 0 Å². The first kappa shape index (κ1) is 21.8. The first-order valence-electron chi connectivity index (χ1n) is 8.66. The van der Waals surface area contributed by atoms with Crippen molar-refractivity contribution in [3.8, 4) is 0 Å². The predicted octanol–water partition coefficient (Wildman–Crippen LogP) is 6.13. The van der Waals surface area contributed by atoms with Gasteiger partial charge in [0.25, 0.3) is 0 Å². The number of hydrogen-bond donors (Lipinski definition) is 1. The van der Waals surface area contributed by atoms with Crippen molar-refractivity contribution in [3.05, 3.63) is 60.8 Å². The summed E-state index contributed by atoms with van der Waals surface area (Å²) in [4.78, 5) is 0. The second-order valence-electron chi connectivity index (χ2n) is 5.36. The summed E-state index contributed by atoms with van der Waals surface area (Å²) < 4.78 is 0. The van der Waals surface area contributed by atoms with Gasteiger partial charge in [0.15, 0.2) is 0 Å². The SMILES string of the molecule is CCC=CCC=CCC=CCC=CCCC=CCC(C=S)CO. The number of aliphatic hydroxyl groups excluding tert-OH is 1. The van der Waals surface area contributed by atoms with E-state index in [1.54, 1.807) is 5.37 Å². The van der Waals surface area contributed by atoms with Crippen molar-refractivity contribution in [1.82, 2.24) is 0 Å². The van der Waals surface area contributed by atoms with Gasteiger partial charge in [0.05, 0.1) is 6.61 Å². The van der Waals surface area contributed by atoms with Crippen LogP contribution in [0, 0.1) is 5.92 Å². The summed E-state index contributed by atoms with van der Waals surface area (Å²) in [6.45, 7) is 2.30. The molecule has 0 heterocycles. The summed E-state index contributed by atoms with van der Waals surface area (Å²) in [5.41, 5.74) is 0. The zero-order valence-electron chi connectivity index (χ0n) is 14.4. The first-order valence-corrected chi connectivity index (χ1v) is 9.13. The zero-order chi connectivity index (χ0) is 17.0. The average molecular weight is 333 g/mol. The number of thiocarbonyl (C=S) groups is 1. The van der Waals surface area contributed by atoms with Gasteiger partial charge in [0.1, 0.15) is 0 Å². The normalized spacial score (nSPS) is 14.2. The lowest BCUT2D eigenvalue weighted by Crippen LogP contribution is -2.04. The highest BCUT2D eigenvalue weighted by Gasteiger charge is 1.98. The zero-order valence-corrected chi connectivity index (χ0v) is 15.3. The molecule has 128 valence electrons. The molecule has 0 aliphatic heterocycles. The van der Waals surface area contributed by atoms with E-state index in [4.69, 9.17) is 17.3 Å². The van der Waals surface area contributed by atoms with E-state index in [1.807, 2.05) is 0 Å². The lowest BCUT2D eigenvalue weighted by atomic mass is 10.1. The largest absolute Gasteiger partial charge is 0.396 e. The Morgan fingerprint density at radius 2 is 1.22 bits per heavy atom. The lowest BCUT2D eigenvalue weighted by molar-refractivity contribution is 0.265. The van der Waals surface area contributed by atoms with Crippen molar-refractivity contribution >= 4 is 17.6 Å². The highest BCUT2D eigenvalue weighted by molar-refractivity contribution is 7.79. The molecule has 0 saturated carbocycles. The smallest absolute Gasteiger partial charge is 0.0505 e. The van der Waals surface area contributed by atoms with Gasteiger partial charge in [0, 0.05) is 5.92 Å². The topological polar surface area (TPSA) is 20.2 Å². The number of rotatable bonds is 14. The molecule has 0 bridgehead atoms. The van der Waals surface area contributed by atoms with Crippen LogP contribution in [0.1, 0.15) is 51.9 Å². The summed E-state index contributed by atoms with van der Waals surface area (Å²) in [5, 5.41) is 10.6. The fourth-order valence-corrected chi connectivity index (χ4v) is 2.05. The molecule has 0 rings (SSSR count). The minimum Gasteiger partial charge on any atom is -0.396 e. The van der Waals surface area contributed by atoms with E-state index in [0.717, 1.165) is 44.9 Å². The molecular formula is C21H32OS. The monoisotopic (exact) mass is 332 g/mol. The van der Waals surface area contributed by atoms with Crippen molar-refractivity contribution in [2.24, 2.45) is 5.92 Å². The van der Waals surface area contributed by atoms with Crippen molar-refractivity contribution in [2.45, 2.75) is 51.9 Å². The molecule has 0 fully saturated rings. The minimum atomic E-state index is 0.124. The standard InChI is InChI=1S/C21H32OS/c1-2-3-4-5-6-7-8-9-10-11-12-13-14-15-16-17-18-21(19-22)20-23/h3-4,6-7,9-10,12-13,16-17,20-22H,2,5,8,11,14-15,18-19H2,1H3. The third-order valence-electron chi connectivity index (χ3n) is 3.25. The van der Waals surface area contributed by atoms with E-state index >= 15 is 0 Å². The third-order valence-corrected chi connectivity index (χ3v) is 3.64. The predicted molar refractivity (Wildman–Crippen MR) is 108 cm³/mol. The molecule has 0 aliphatic carbocycles. The molecule has 0 radical (unpaired) electrons. The van der Waals surface area contributed by atoms with Gasteiger partial charge in [-0.2, -0.15) is 0 Å². The van der Waals surface area contributed by atoms with Crippen LogP contribution in [-0.4, -0.2) is 17.1 Å². The van der Waals surface area contributed by atoms with E-state index in [1.165, 1.54) is 0 Å². The molecule has 2 heteroatoms. The Bertz CT molecular complexity index is 402. The lowest BCUT2D eigenvalue weighted by Gasteiger charge is -2.01. The summed E-state index contributed by atoms with van der Waals surface area (Å²) in [5.74, 6) is 0.124. The van der Waals surface area contributed by atoms with E-state index in [2.05, 4.69) is 67.7 Å². The van der Waals surface area contributed by atoms with Crippen LogP contribution < -0.4 is 0 Å². The quantitative estimate of drug-likeness (QED) is 0.235. The second-order valence-corrected chi connectivity index (χ2v) is 5.64. The number of allylic oxidation sites excluding steroid dienone is 10. The Morgan fingerprint density at radius 3 is 1.70 bits per heavy atom. The Balaban J connectivity index is 3.53. The number of aliphatic hydroxyl groups is 1. The highest BCUT2D eigenvalue weighted by atomic mass is 32.1. The van der Waals surface area contributed by atoms with Gasteiger partial charge in [-0.25, -0.2) is 0 Å². The maximum atomic E-state index is 9.00. The Morgan fingerprint density at radius 1 is 0.739 bits per heavy atom. The van der Waals surface area contributed by atoms with Gasteiger partial charge in [-0.05, 0) is 50.3 Å². The molecular weight excluding hydrogens is 300 g/mol. The molecule has 0 amide bonds. The molecule has 0 spiro atoms. The Labute approximate surface area is 148 Å². The second kappa shape index (κ2) is 18.8. The molecule has 0 aromatic heterocycles. The maximum absolute atomic E-state index is 9.00. The fraction of sp³-hybridized carbons (Fsp3) is 0.476. The van der Waals surface area contributed by atoms with Crippen LogP contribution in [0.3, 0.4) is 0 Å². The molecule has 0 aromatic rings. The molecule has 23 heavy (non-hydrogen) atoms. The molecule has 0 saturated heterocycles. The van der Waals surface area contributed by atoms with Crippen molar-refractivity contribution in [1.29, 1.82) is 0 Å². The summed E-state index contributed by atoms with van der Waals surface area (Å²) in [6.07, 6.45) is 29.1. The van der Waals surface area contributed by atoms with E-state index < -0.39 is 0 Å². The number of hydrogen-bond acceptors (Lipinski definition) is 2. The molecule has 1 unspecified atom stereocenters. The maximum Gasteiger partial charge on any atom is 0.0505 e. The van der Waals surface area contributed by atoms with Crippen molar-refractivity contribution < 1.29 is 5.11 Å². The molecule has 0 aliphatic rings. The summed E-state index contributed by atoms with van der Waals surface area (Å²) >= 11 is 4.84.